The van der Waals surface area contributed by atoms with Gasteiger partial charge in [-0.15, -0.1) is 0 Å². The van der Waals surface area contributed by atoms with E-state index in [0.29, 0.717) is 29.2 Å². The summed E-state index contributed by atoms with van der Waals surface area (Å²) in [5, 5.41) is 3.35. The molecule has 4 heterocycles. The molecule has 0 unspecified atom stereocenters. The number of fused-ring (bicyclic) bond motifs is 2. The highest BCUT2D eigenvalue weighted by Gasteiger charge is 2.30. The molecule has 0 radical (unpaired) electrons. The van der Waals surface area contributed by atoms with Crippen molar-refractivity contribution in [3.05, 3.63) is 53.9 Å². The molecule has 0 spiro atoms. The third kappa shape index (κ3) is 2.27. The predicted octanol–water partition coefficient (Wildman–Crippen LogP) is 2.29. The summed E-state index contributed by atoms with van der Waals surface area (Å²) in [7, 11) is -3.72. The zero-order valence-electron chi connectivity index (χ0n) is 14.2. The smallest absolute Gasteiger partial charge is 0.268 e. The second-order valence-electron chi connectivity index (χ2n) is 6.78. The summed E-state index contributed by atoms with van der Waals surface area (Å²) in [6.07, 6.45) is 5.09. The van der Waals surface area contributed by atoms with Crippen molar-refractivity contribution in [3.8, 4) is 5.75 Å². The topological polar surface area (TPSA) is 73.2 Å². The normalized spacial score (nSPS) is 19.6. The molecule has 2 aromatic heterocycles. The number of benzene rings is 1. The minimum Gasteiger partial charge on any atom is -0.493 e. The third-order valence-corrected chi connectivity index (χ3v) is 7.05. The molecule has 0 saturated carbocycles. The van der Waals surface area contributed by atoms with E-state index in [1.807, 2.05) is 12.1 Å². The molecule has 1 aromatic carbocycles. The number of hydrogen-bond acceptors (Lipinski definition) is 5. The molecule has 1 N–H and O–H groups in total. The SMILES string of the molecule is O=S(=O)(c1cccc2c1CCO2)n1cc([C@H]2CCNC2)c2ncccc21. The van der Waals surface area contributed by atoms with Gasteiger partial charge in [0, 0.05) is 42.4 Å². The Morgan fingerprint density at radius 3 is 3.00 bits per heavy atom. The van der Waals surface area contributed by atoms with Crippen LogP contribution in [0.3, 0.4) is 0 Å². The maximum absolute atomic E-state index is 13.5. The molecule has 26 heavy (non-hydrogen) atoms. The Hall–Kier alpha value is -2.38. The predicted molar refractivity (Wildman–Crippen MR) is 98.2 cm³/mol. The lowest BCUT2D eigenvalue weighted by atomic mass is 10.0. The van der Waals surface area contributed by atoms with E-state index < -0.39 is 10.0 Å². The van der Waals surface area contributed by atoms with Gasteiger partial charge in [-0.3, -0.25) is 4.98 Å². The molecule has 0 amide bonds. The van der Waals surface area contributed by atoms with Crippen LogP contribution in [0.25, 0.3) is 11.0 Å². The zero-order valence-corrected chi connectivity index (χ0v) is 15.0. The van der Waals surface area contributed by atoms with E-state index in [1.54, 1.807) is 30.6 Å². The van der Waals surface area contributed by atoms with Crippen molar-refractivity contribution < 1.29 is 13.2 Å². The molecular weight excluding hydrogens is 350 g/mol. The van der Waals surface area contributed by atoms with Gasteiger partial charge in [0.1, 0.15) is 5.75 Å². The van der Waals surface area contributed by atoms with Crippen LogP contribution in [0.4, 0.5) is 0 Å². The summed E-state index contributed by atoms with van der Waals surface area (Å²) in [5.74, 6) is 0.953. The molecule has 2 aliphatic rings. The highest BCUT2D eigenvalue weighted by atomic mass is 32.2. The van der Waals surface area contributed by atoms with Gasteiger partial charge in [0.25, 0.3) is 10.0 Å². The van der Waals surface area contributed by atoms with Crippen LogP contribution >= 0.6 is 0 Å². The van der Waals surface area contributed by atoms with Gasteiger partial charge in [0.15, 0.2) is 0 Å². The number of ether oxygens (including phenoxy) is 1. The molecule has 2 aliphatic heterocycles. The highest BCUT2D eigenvalue weighted by Crippen LogP contribution is 2.35. The number of nitrogens with one attached hydrogen (secondary N) is 1. The molecule has 0 aliphatic carbocycles. The van der Waals surface area contributed by atoms with Gasteiger partial charge in [-0.25, -0.2) is 12.4 Å². The van der Waals surface area contributed by atoms with E-state index in [2.05, 4.69) is 10.3 Å². The minimum absolute atomic E-state index is 0.286. The largest absolute Gasteiger partial charge is 0.493 e. The highest BCUT2D eigenvalue weighted by molar-refractivity contribution is 7.90. The number of pyridine rings is 1. The monoisotopic (exact) mass is 369 g/mol. The maximum Gasteiger partial charge on any atom is 0.268 e. The second kappa shape index (κ2) is 5.82. The Labute approximate surface area is 151 Å². The second-order valence-corrected chi connectivity index (χ2v) is 8.56. The number of rotatable bonds is 3. The molecule has 134 valence electrons. The van der Waals surface area contributed by atoms with Gasteiger partial charge in [-0.05, 0) is 37.2 Å². The minimum atomic E-state index is -3.72. The summed E-state index contributed by atoms with van der Waals surface area (Å²) in [4.78, 5) is 4.81. The lowest BCUT2D eigenvalue weighted by molar-refractivity contribution is 0.357. The average Bonchev–Trinajstić information content (AvgIpc) is 3.39. The Kier molecular flexibility index (Phi) is 3.55. The van der Waals surface area contributed by atoms with Gasteiger partial charge in [-0.1, -0.05) is 6.07 Å². The fourth-order valence-electron chi connectivity index (χ4n) is 4.01. The van der Waals surface area contributed by atoms with Gasteiger partial charge in [0.05, 0.1) is 22.5 Å². The van der Waals surface area contributed by atoms with Crippen LogP contribution in [0.2, 0.25) is 0 Å². The average molecular weight is 369 g/mol. The first-order valence-electron chi connectivity index (χ1n) is 8.83. The zero-order chi connectivity index (χ0) is 17.7. The Balaban J connectivity index is 1.73. The Morgan fingerprint density at radius 2 is 2.15 bits per heavy atom. The molecule has 3 aromatic rings. The number of nitrogens with zero attached hydrogens (tertiary/aromatic N) is 2. The third-order valence-electron chi connectivity index (χ3n) is 5.29. The van der Waals surface area contributed by atoms with E-state index in [4.69, 9.17) is 4.74 Å². The van der Waals surface area contributed by atoms with Gasteiger partial charge in [-0.2, -0.15) is 0 Å². The van der Waals surface area contributed by atoms with Crippen LogP contribution in [-0.4, -0.2) is 37.1 Å². The Morgan fingerprint density at radius 1 is 1.23 bits per heavy atom. The Bertz CT molecular complexity index is 1100. The van der Waals surface area contributed by atoms with Crippen LogP contribution in [0, 0.1) is 0 Å². The molecule has 5 rings (SSSR count). The summed E-state index contributed by atoms with van der Waals surface area (Å²) >= 11 is 0. The van der Waals surface area contributed by atoms with Gasteiger partial charge < -0.3 is 10.1 Å². The fraction of sp³-hybridized carbons (Fsp3) is 0.316. The van der Waals surface area contributed by atoms with E-state index in [9.17, 15) is 8.42 Å². The van der Waals surface area contributed by atoms with Crippen LogP contribution in [0.15, 0.2) is 47.6 Å². The molecule has 1 atom stereocenters. The van der Waals surface area contributed by atoms with E-state index in [1.165, 1.54) is 3.97 Å². The molecular formula is C19H19N3O3S. The molecule has 0 bridgehead atoms. The summed E-state index contributed by atoms with van der Waals surface area (Å²) in [6, 6.07) is 8.84. The van der Waals surface area contributed by atoms with E-state index in [-0.39, 0.29) is 5.92 Å². The first kappa shape index (κ1) is 15.8. The van der Waals surface area contributed by atoms with Crippen molar-refractivity contribution in [2.24, 2.45) is 0 Å². The van der Waals surface area contributed by atoms with Crippen LogP contribution in [-0.2, 0) is 16.4 Å². The van der Waals surface area contributed by atoms with Crippen molar-refractivity contribution >= 4 is 21.1 Å². The summed E-state index contributed by atoms with van der Waals surface area (Å²) < 4.78 is 33.9. The molecule has 7 heteroatoms. The van der Waals surface area contributed by atoms with Crippen molar-refractivity contribution in [1.29, 1.82) is 0 Å². The van der Waals surface area contributed by atoms with Crippen LogP contribution in [0.1, 0.15) is 23.5 Å². The standard InChI is InChI=1S/C19H19N3O3S/c23-26(24,18-5-1-4-17-14(18)7-10-25-17)22-12-15(13-6-9-20-11-13)19-16(22)3-2-8-21-19/h1-5,8,12-13,20H,6-7,9-11H2/t13-/m0/s1. The van der Waals surface area contributed by atoms with Crippen molar-refractivity contribution in [1.82, 2.24) is 14.3 Å². The van der Waals surface area contributed by atoms with E-state index >= 15 is 0 Å². The van der Waals surface area contributed by atoms with E-state index in [0.717, 1.165) is 36.2 Å². The first-order chi connectivity index (χ1) is 12.7. The van der Waals surface area contributed by atoms with Crippen molar-refractivity contribution in [2.75, 3.05) is 19.7 Å². The lowest BCUT2D eigenvalue weighted by Crippen LogP contribution is -2.14. The summed E-state index contributed by atoms with van der Waals surface area (Å²) in [5.41, 5.74) is 3.17. The maximum atomic E-state index is 13.5. The first-order valence-corrected chi connectivity index (χ1v) is 10.3. The van der Waals surface area contributed by atoms with Crippen molar-refractivity contribution in [3.63, 3.8) is 0 Å². The summed E-state index contributed by atoms with van der Waals surface area (Å²) in [6.45, 7) is 2.32. The molecule has 6 nitrogen and oxygen atoms in total. The van der Waals surface area contributed by atoms with Gasteiger partial charge in [0.2, 0.25) is 0 Å². The van der Waals surface area contributed by atoms with Crippen LogP contribution < -0.4 is 10.1 Å². The molecule has 1 saturated heterocycles. The van der Waals surface area contributed by atoms with Crippen molar-refractivity contribution in [2.45, 2.75) is 23.7 Å². The van der Waals surface area contributed by atoms with Gasteiger partial charge >= 0.3 is 0 Å². The van der Waals surface area contributed by atoms with Crippen LogP contribution in [0.5, 0.6) is 5.75 Å². The quantitative estimate of drug-likeness (QED) is 0.767. The molecule has 1 fully saturated rings. The fourth-order valence-corrected chi connectivity index (χ4v) is 5.64. The number of hydrogen-bond donors (Lipinski definition) is 1. The lowest BCUT2D eigenvalue weighted by Gasteiger charge is -2.10. The number of aromatic nitrogens is 2.